The van der Waals surface area contributed by atoms with Gasteiger partial charge in [0.25, 0.3) is 0 Å². The van der Waals surface area contributed by atoms with Crippen molar-refractivity contribution >= 4 is 23.7 Å². The van der Waals surface area contributed by atoms with Gasteiger partial charge in [-0.05, 0) is 51.1 Å². The zero-order valence-electron chi connectivity index (χ0n) is 16.5. The van der Waals surface area contributed by atoms with Crippen LogP contribution in [0.1, 0.15) is 51.9 Å². The van der Waals surface area contributed by atoms with E-state index in [0.29, 0.717) is 25.4 Å². The van der Waals surface area contributed by atoms with Crippen LogP contribution in [0.15, 0.2) is 0 Å². The number of amides is 3. The molecule has 0 bridgehead atoms. The number of nitrogens with zero attached hydrogens (tertiary/aromatic N) is 1. The van der Waals surface area contributed by atoms with E-state index >= 15 is 0 Å². The van der Waals surface area contributed by atoms with E-state index in [9.17, 15) is 19.2 Å². The molecule has 0 aromatic heterocycles. The highest BCUT2D eigenvalue weighted by atomic mass is 16.4. The van der Waals surface area contributed by atoms with Crippen LogP contribution in [0.2, 0.25) is 0 Å². The van der Waals surface area contributed by atoms with Gasteiger partial charge in [-0.25, -0.2) is 4.79 Å². The minimum absolute atomic E-state index is 0.124. The fourth-order valence-corrected chi connectivity index (χ4v) is 3.90. The van der Waals surface area contributed by atoms with Gasteiger partial charge in [0, 0.05) is 32.5 Å². The number of hydrogen-bond donors (Lipinski definition) is 4. The molecule has 4 N–H and O–H groups in total. The number of carbonyl (C=O) groups is 4. The van der Waals surface area contributed by atoms with Gasteiger partial charge in [0.05, 0.1) is 6.42 Å². The molecule has 0 aromatic rings. The van der Waals surface area contributed by atoms with Crippen LogP contribution >= 0.6 is 0 Å². The Hall–Kier alpha value is -2.16. The molecular weight excluding hydrogens is 364 g/mol. The molecule has 158 valence electrons. The molecule has 2 fully saturated rings. The number of likely N-dealkylation sites (tertiary alicyclic amines) is 1. The monoisotopic (exact) mass is 396 g/mol. The average Bonchev–Trinajstić information content (AvgIpc) is 2.66. The van der Waals surface area contributed by atoms with Gasteiger partial charge in [-0.1, -0.05) is 0 Å². The van der Waals surface area contributed by atoms with Crippen LogP contribution in [-0.4, -0.2) is 72.0 Å². The maximum absolute atomic E-state index is 12.5. The van der Waals surface area contributed by atoms with Crippen molar-refractivity contribution in [2.75, 3.05) is 26.2 Å². The first-order valence-electron chi connectivity index (χ1n) is 10.1. The molecule has 0 aromatic carbocycles. The molecule has 2 aliphatic heterocycles. The Balaban J connectivity index is 1.76. The quantitative estimate of drug-likeness (QED) is 0.452. The summed E-state index contributed by atoms with van der Waals surface area (Å²) in [4.78, 5) is 48.7. The zero-order chi connectivity index (χ0) is 20.5. The number of rotatable bonds is 8. The average molecular weight is 396 g/mol. The van der Waals surface area contributed by atoms with E-state index in [1.165, 1.54) is 6.92 Å². The van der Waals surface area contributed by atoms with Gasteiger partial charge < -0.3 is 26.0 Å². The minimum atomic E-state index is -1.25. The van der Waals surface area contributed by atoms with Crippen LogP contribution in [0.5, 0.6) is 0 Å². The standard InChI is InChI=1S/C19H32N4O5/c1-13(24)21-16(19(27)28)11-17(25)22-15-3-2-10-23(12-15)18(26)5-4-14-6-8-20-9-7-14/h14-16,20H,2-12H2,1H3,(H,21,24)(H,22,25)(H,27,28). The molecule has 2 aliphatic rings. The van der Waals surface area contributed by atoms with Gasteiger partial charge in [0.15, 0.2) is 0 Å². The van der Waals surface area contributed by atoms with E-state index in [0.717, 1.165) is 45.2 Å². The van der Waals surface area contributed by atoms with E-state index in [-0.39, 0.29) is 18.4 Å². The highest BCUT2D eigenvalue weighted by Gasteiger charge is 2.27. The SMILES string of the molecule is CC(=O)NC(CC(=O)NC1CCCN(C(=O)CCC2CCNCC2)C1)C(=O)O. The first-order valence-corrected chi connectivity index (χ1v) is 10.1. The Morgan fingerprint density at radius 1 is 1.18 bits per heavy atom. The van der Waals surface area contributed by atoms with Crippen molar-refractivity contribution < 1.29 is 24.3 Å². The number of nitrogens with one attached hydrogen (secondary N) is 3. The molecule has 0 spiro atoms. The molecule has 2 rings (SSSR count). The van der Waals surface area contributed by atoms with Gasteiger partial charge in [-0.15, -0.1) is 0 Å². The van der Waals surface area contributed by atoms with Crippen molar-refractivity contribution in [2.24, 2.45) is 5.92 Å². The smallest absolute Gasteiger partial charge is 0.326 e. The Kier molecular flexibility index (Phi) is 8.69. The second kappa shape index (κ2) is 11.0. The van der Waals surface area contributed by atoms with Crippen molar-refractivity contribution in [3.63, 3.8) is 0 Å². The van der Waals surface area contributed by atoms with Crippen molar-refractivity contribution in [3.8, 4) is 0 Å². The van der Waals surface area contributed by atoms with Gasteiger partial charge in [-0.2, -0.15) is 0 Å². The first-order chi connectivity index (χ1) is 13.3. The number of carboxylic acid groups (broad SMARTS) is 1. The minimum Gasteiger partial charge on any atom is -0.480 e. The van der Waals surface area contributed by atoms with Crippen molar-refractivity contribution in [1.29, 1.82) is 0 Å². The predicted octanol–water partition coefficient (Wildman–Crippen LogP) is -0.147. The summed E-state index contributed by atoms with van der Waals surface area (Å²) in [6.45, 7) is 4.40. The molecule has 0 aliphatic carbocycles. The largest absolute Gasteiger partial charge is 0.480 e. The second-order valence-corrected chi connectivity index (χ2v) is 7.77. The van der Waals surface area contributed by atoms with Gasteiger partial charge in [-0.3, -0.25) is 14.4 Å². The lowest BCUT2D eigenvalue weighted by Gasteiger charge is -2.34. The molecule has 0 radical (unpaired) electrons. The van der Waals surface area contributed by atoms with Crippen LogP contribution in [0, 0.1) is 5.92 Å². The fourth-order valence-electron chi connectivity index (χ4n) is 3.90. The molecule has 2 atom stereocenters. The maximum Gasteiger partial charge on any atom is 0.326 e. The van der Waals surface area contributed by atoms with E-state index in [1.807, 2.05) is 0 Å². The van der Waals surface area contributed by atoms with E-state index in [4.69, 9.17) is 5.11 Å². The lowest BCUT2D eigenvalue weighted by atomic mass is 9.93. The number of aliphatic carboxylic acids is 1. The highest BCUT2D eigenvalue weighted by molar-refractivity contribution is 5.88. The van der Waals surface area contributed by atoms with Crippen molar-refractivity contribution in [2.45, 2.75) is 64.0 Å². The summed E-state index contributed by atoms with van der Waals surface area (Å²) in [6, 6.07) is -1.43. The summed E-state index contributed by atoms with van der Waals surface area (Å²) in [6.07, 6.45) is 4.91. The number of carboxylic acids is 1. The summed E-state index contributed by atoms with van der Waals surface area (Å²) < 4.78 is 0. The first kappa shape index (κ1) is 22.1. The molecule has 9 heteroatoms. The fraction of sp³-hybridized carbons (Fsp3) is 0.789. The van der Waals surface area contributed by atoms with Crippen molar-refractivity contribution in [1.82, 2.24) is 20.9 Å². The Bertz CT molecular complexity index is 577. The van der Waals surface area contributed by atoms with Gasteiger partial charge >= 0.3 is 5.97 Å². The van der Waals surface area contributed by atoms with E-state index < -0.39 is 23.8 Å². The molecular formula is C19H32N4O5. The zero-order valence-corrected chi connectivity index (χ0v) is 16.5. The second-order valence-electron chi connectivity index (χ2n) is 7.77. The van der Waals surface area contributed by atoms with Crippen LogP contribution in [0.25, 0.3) is 0 Å². The summed E-state index contributed by atoms with van der Waals surface area (Å²) in [5.41, 5.74) is 0. The van der Waals surface area contributed by atoms with Crippen LogP contribution in [0.4, 0.5) is 0 Å². The molecule has 3 amide bonds. The van der Waals surface area contributed by atoms with Gasteiger partial charge in [0.1, 0.15) is 6.04 Å². The molecule has 2 heterocycles. The van der Waals surface area contributed by atoms with Crippen molar-refractivity contribution in [3.05, 3.63) is 0 Å². The lowest BCUT2D eigenvalue weighted by Crippen LogP contribution is -2.51. The summed E-state index contributed by atoms with van der Waals surface area (Å²) in [5, 5.41) is 17.5. The van der Waals surface area contributed by atoms with Crippen LogP contribution in [0.3, 0.4) is 0 Å². The van der Waals surface area contributed by atoms with Crippen LogP contribution in [-0.2, 0) is 19.2 Å². The Morgan fingerprint density at radius 3 is 2.54 bits per heavy atom. The van der Waals surface area contributed by atoms with Crippen LogP contribution < -0.4 is 16.0 Å². The van der Waals surface area contributed by atoms with E-state index in [1.54, 1.807) is 4.90 Å². The summed E-state index contributed by atoms with van der Waals surface area (Å²) in [5.74, 6) is -1.45. The molecule has 2 unspecified atom stereocenters. The lowest BCUT2D eigenvalue weighted by molar-refractivity contribution is -0.143. The molecule has 9 nitrogen and oxygen atoms in total. The Labute approximate surface area is 165 Å². The highest BCUT2D eigenvalue weighted by Crippen LogP contribution is 2.19. The number of piperidine rings is 2. The predicted molar refractivity (Wildman–Crippen MR) is 102 cm³/mol. The molecule has 2 saturated heterocycles. The molecule has 28 heavy (non-hydrogen) atoms. The number of carbonyl (C=O) groups excluding carboxylic acids is 3. The topological polar surface area (TPSA) is 128 Å². The summed E-state index contributed by atoms with van der Waals surface area (Å²) in [7, 11) is 0. The third-order valence-electron chi connectivity index (χ3n) is 5.43. The number of hydrogen-bond acceptors (Lipinski definition) is 5. The van der Waals surface area contributed by atoms with E-state index in [2.05, 4.69) is 16.0 Å². The Morgan fingerprint density at radius 2 is 1.89 bits per heavy atom. The third kappa shape index (κ3) is 7.46. The van der Waals surface area contributed by atoms with Gasteiger partial charge in [0.2, 0.25) is 17.7 Å². The third-order valence-corrected chi connectivity index (χ3v) is 5.43. The summed E-state index contributed by atoms with van der Waals surface area (Å²) >= 11 is 0. The normalized spacial score (nSPS) is 21.6. The molecule has 0 saturated carbocycles. The maximum atomic E-state index is 12.5.